The van der Waals surface area contributed by atoms with Gasteiger partial charge in [-0.05, 0) is 24.3 Å². The van der Waals surface area contributed by atoms with E-state index in [0.717, 1.165) is 6.07 Å². The molecule has 0 heterocycles. The highest BCUT2D eigenvalue weighted by Crippen LogP contribution is 2.40. The van der Waals surface area contributed by atoms with E-state index in [9.17, 15) is 9.18 Å². The van der Waals surface area contributed by atoms with Crippen molar-refractivity contribution >= 4 is 5.97 Å². The molecule has 0 aliphatic rings. The van der Waals surface area contributed by atoms with Crippen LogP contribution in [0.15, 0.2) is 30.3 Å². The molecule has 0 saturated heterocycles. The van der Waals surface area contributed by atoms with Crippen LogP contribution in [0.4, 0.5) is 4.39 Å². The molecule has 25 heavy (non-hydrogen) atoms. The maximum Gasteiger partial charge on any atom is 0.342 e. The van der Waals surface area contributed by atoms with Crippen molar-refractivity contribution in [1.82, 2.24) is 0 Å². The molecule has 0 fully saturated rings. The SMILES string of the molecule is COc1ccc(C(=O)OCc2ccc(C#N)cc2F)c(OC)c1OC. The summed E-state index contributed by atoms with van der Waals surface area (Å²) >= 11 is 0. The van der Waals surface area contributed by atoms with Crippen molar-refractivity contribution in [2.75, 3.05) is 21.3 Å². The predicted molar refractivity (Wildman–Crippen MR) is 86.3 cm³/mol. The van der Waals surface area contributed by atoms with Crippen LogP contribution in [-0.4, -0.2) is 27.3 Å². The Morgan fingerprint density at radius 2 is 1.80 bits per heavy atom. The van der Waals surface area contributed by atoms with Crippen LogP contribution in [0.3, 0.4) is 0 Å². The monoisotopic (exact) mass is 345 g/mol. The zero-order chi connectivity index (χ0) is 18.4. The summed E-state index contributed by atoms with van der Waals surface area (Å²) < 4.78 is 34.6. The smallest absolute Gasteiger partial charge is 0.342 e. The molecule has 0 spiro atoms. The number of benzene rings is 2. The highest BCUT2D eigenvalue weighted by Gasteiger charge is 2.22. The van der Waals surface area contributed by atoms with Gasteiger partial charge in [0.2, 0.25) is 5.75 Å². The summed E-state index contributed by atoms with van der Waals surface area (Å²) in [5.74, 6) is -0.516. The Morgan fingerprint density at radius 1 is 1.08 bits per heavy atom. The molecular weight excluding hydrogens is 329 g/mol. The molecule has 0 N–H and O–H groups in total. The minimum absolute atomic E-state index is 0.120. The second-order valence-corrected chi connectivity index (χ2v) is 4.88. The van der Waals surface area contributed by atoms with Gasteiger partial charge in [0.05, 0.1) is 33.0 Å². The molecule has 2 aromatic carbocycles. The lowest BCUT2D eigenvalue weighted by Crippen LogP contribution is -2.09. The van der Waals surface area contributed by atoms with Crippen molar-refractivity contribution in [2.45, 2.75) is 6.61 Å². The van der Waals surface area contributed by atoms with E-state index in [2.05, 4.69) is 0 Å². The van der Waals surface area contributed by atoms with Gasteiger partial charge in [-0.1, -0.05) is 6.07 Å². The second kappa shape index (κ2) is 8.02. The number of halogens is 1. The number of hydrogen-bond acceptors (Lipinski definition) is 6. The summed E-state index contributed by atoms with van der Waals surface area (Å²) in [6, 6.07) is 8.77. The number of rotatable bonds is 6. The fraction of sp³-hybridized carbons (Fsp3) is 0.222. The van der Waals surface area contributed by atoms with Gasteiger partial charge in [-0.2, -0.15) is 5.26 Å². The van der Waals surface area contributed by atoms with E-state index in [1.807, 2.05) is 6.07 Å². The van der Waals surface area contributed by atoms with Gasteiger partial charge in [-0.25, -0.2) is 9.18 Å². The topological polar surface area (TPSA) is 77.8 Å². The van der Waals surface area contributed by atoms with Crippen LogP contribution in [0.5, 0.6) is 17.2 Å². The highest BCUT2D eigenvalue weighted by atomic mass is 19.1. The molecule has 0 aliphatic heterocycles. The number of esters is 1. The Labute approximate surface area is 144 Å². The Balaban J connectivity index is 2.23. The highest BCUT2D eigenvalue weighted by molar-refractivity contribution is 5.94. The molecule has 0 amide bonds. The number of carbonyl (C=O) groups excluding carboxylic acids is 1. The lowest BCUT2D eigenvalue weighted by atomic mass is 10.1. The molecule has 2 rings (SSSR count). The summed E-state index contributed by atoms with van der Waals surface area (Å²) in [6.07, 6.45) is 0. The van der Waals surface area contributed by atoms with Crippen LogP contribution in [0.1, 0.15) is 21.5 Å². The first-order valence-corrected chi connectivity index (χ1v) is 7.20. The summed E-state index contributed by atoms with van der Waals surface area (Å²) in [4.78, 5) is 12.3. The van der Waals surface area contributed by atoms with E-state index >= 15 is 0 Å². The molecule has 6 nitrogen and oxygen atoms in total. The third kappa shape index (κ3) is 3.80. The van der Waals surface area contributed by atoms with Gasteiger partial charge in [-0.3, -0.25) is 0 Å². The van der Waals surface area contributed by atoms with Gasteiger partial charge in [-0.15, -0.1) is 0 Å². The van der Waals surface area contributed by atoms with Gasteiger partial charge >= 0.3 is 5.97 Å². The van der Waals surface area contributed by atoms with Gasteiger partial charge in [0.25, 0.3) is 0 Å². The van der Waals surface area contributed by atoms with Crippen LogP contribution in [0.25, 0.3) is 0 Å². The molecule has 0 saturated carbocycles. The fourth-order valence-electron chi connectivity index (χ4n) is 2.22. The largest absolute Gasteiger partial charge is 0.493 e. The standard InChI is InChI=1S/C18H16FNO5/c1-22-15-7-6-13(16(23-2)17(15)24-3)18(21)25-10-12-5-4-11(9-20)8-14(12)19/h4-8H,10H2,1-3H3. The number of methoxy groups -OCH3 is 3. The molecule has 0 aromatic heterocycles. The van der Waals surface area contributed by atoms with Gasteiger partial charge in [0.15, 0.2) is 11.5 Å². The van der Waals surface area contributed by atoms with Gasteiger partial charge in [0.1, 0.15) is 18.0 Å². The van der Waals surface area contributed by atoms with Gasteiger partial charge < -0.3 is 18.9 Å². The number of ether oxygens (including phenoxy) is 4. The van der Waals surface area contributed by atoms with E-state index in [1.165, 1.54) is 39.5 Å². The van der Waals surface area contributed by atoms with Crippen LogP contribution >= 0.6 is 0 Å². The van der Waals surface area contributed by atoms with E-state index < -0.39 is 11.8 Å². The lowest BCUT2D eigenvalue weighted by molar-refractivity contribution is 0.0464. The maximum absolute atomic E-state index is 13.8. The van der Waals surface area contributed by atoms with Crippen LogP contribution in [-0.2, 0) is 11.3 Å². The third-order valence-corrected chi connectivity index (χ3v) is 3.47. The van der Waals surface area contributed by atoms with Crippen LogP contribution < -0.4 is 14.2 Å². The normalized spacial score (nSPS) is 9.88. The number of nitriles is 1. The fourth-order valence-corrected chi connectivity index (χ4v) is 2.22. The summed E-state index contributed by atoms with van der Waals surface area (Å²) in [6.45, 7) is -0.284. The molecular formula is C18H16FNO5. The molecule has 0 bridgehead atoms. The van der Waals surface area contributed by atoms with Crippen molar-refractivity contribution in [3.8, 4) is 23.3 Å². The Kier molecular flexibility index (Phi) is 5.79. The molecule has 0 radical (unpaired) electrons. The van der Waals surface area contributed by atoms with E-state index in [0.29, 0.717) is 5.75 Å². The van der Waals surface area contributed by atoms with Crippen molar-refractivity contribution < 1.29 is 28.1 Å². The van der Waals surface area contributed by atoms with Crippen molar-refractivity contribution in [2.24, 2.45) is 0 Å². The lowest BCUT2D eigenvalue weighted by Gasteiger charge is -2.15. The van der Waals surface area contributed by atoms with Crippen molar-refractivity contribution in [3.05, 3.63) is 52.8 Å². The molecule has 0 aliphatic carbocycles. The minimum Gasteiger partial charge on any atom is -0.493 e. The average Bonchev–Trinajstić information content (AvgIpc) is 2.65. The quantitative estimate of drug-likeness (QED) is 0.749. The molecule has 7 heteroatoms. The molecule has 2 aromatic rings. The third-order valence-electron chi connectivity index (χ3n) is 3.47. The first-order valence-electron chi connectivity index (χ1n) is 7.20. The first kappa shape index (κ1) is 18.1. The van der Waals surface area contributed by atoms with Gasteiger partial charge in [0, 0.05) is 5.56 Å². The predicted octanol–water partition coefficient (Wildman–Crippen LogP) is 3.08. The number of carbonyl (C=O) groups is 1. The Hall–Kier alpha value is -3.27. The van der Waals surface area contributed by atoms with Crippen molar-refractivity contribution in [3.63, 3.8) is 0 Å². The second-order valence-electron chi connectivity index (χ2n) is 4.88. The van der Waals surface area contributed by atoms with Crippen LogP contribution in [0, 0.1) is 17.1 Å². The molecule has 130 valence electrons. The number of hydrogen-bond donors (Lipinski definition) is 0. The van der Waals surface area contributed by atoms with E-state index in [-0.39, 0.29) is 34.8 Å². The van der Waals surface area contributed by atoms with E-state index in [1.54, 1.807) is 6.07 Å². The summed E-state index contributed by atoms with van der Waals surface area (Å²) in [5, 5.41) is 8.73. The first-order chi connectivity index (χ1) is 12.0. The average molecular weight is 345 g/mol. The van der Waals surface area contributed by atoms with E-state index in [4.69, 9.17) is 24.2 Å². The number of nitrogens with zero attached hydrogens (tertiary/aromatic N) is 1. The summed E-state index contributed by atoms with van der Waals surface area (Å²) in [7, 11) is 4.26. The Morgan fingerprint density at radius 3 is 2.36 bits per heavy atom. The minimum atomic E-state index is -0.707. The zero-order valence-electron chi connectivity index (χ0n) is 14.0. The van der Waals surface area contributed by atoms with Crippen LogP contribution in [0.2, 0.25) is 0 Å². The maximum atomic E-state index is 13.8. The zero-order valence-corrected chi connectivity index (χ0v) is 14.0. The van der Waals surface area contributed by atoms with Crippen molar-refractivity contribution in [1.29, 1.82) is 5.26 Å². The molecule has 0 unspecified atom stereocenters. The molecule has 0 atom stereocenters. The Bertz CT molecular complexity index is 829. The summed E-state index contributed by atoms with van der Waals surface area (Å²) in [5.41, 5.74) is 0.468.